The number of hydrogen-bond donors (Lipinski definition) is 17. The molecule has 1 aliphatic carbocycles. The number of aromatic nitrogens is 1. The minimum Gasteiger partial charge on any atom is -0.496 e. The zero-order chi connectivity index (χ0) is 82.8. The molecule has 3 aromatic carbocycles. The standard InChI is InChI=1S/C77H99N15O21S/c1-8-73(110)34-40-35-76(71(109)113-7,60-44(21-26-90(36-40)38-73)43-14-10-11-15-47(43)82-60)46-28-45-53(32-54(46)112-6)89(5)68-75(45)23-27-91-25-13-22-74(9-2,67(75)91)69(107)77(68,111)70(108)88-87-39(3)41-17-19-42(20-18-41)92-56(93)33-55(65(92)104)114-37-52(66(105)106)86-64(103)51(31-59(98)99)85-63(102)50(30-58(96)97)84-61(100)48(16-12-24-81-72(78)79)83-62(101)49(80-4)29-57(94)95/h10-11,13-15,17-20,22,28,32,40,48-52,55,67-69,80,82,107,110-111H,8-9,12,16,21,23-27,29-31,33-38H2,1-7H3,(H,83,101)(H,84,100)(H,85,102)(H,86,103)(H,88,108)(H,94,95)(H,96,97)(H,98,99)(H,105,106)(H4,78,79,81)/b87-39-/t40-,48+,49+,50+,51+,52+,55?,67+,68-,69-,73+,74-,75-,76+,77+/m1/s1. The second kappa shape index (κ2) is 33.9. The predicted octanol–water partition coefficient (Wildman–Crippen LogP) is -0.548. The fraction of sp³-hybridized carbons (Fsp3) is 0.532. The number of carboxylic acids is 4. The largest absolute Gasteiger partial charge is 0.496 e. The third-order valence-corrected chi connectivity index (χ3v) is 25.2. The van der Waals surface area contributed by atoms with Gasteiger partial charge in [0.1, 0.15) is 41.4 Å². The summed E-state index contributed by atoms with van der Waals surface area (Å²) in [5, 5.41) is 104. The van der Waals surface area contributed by atoms with Crippen molar-refractivity contribution in [1.29, 1.82) is 5.41 Å². The average molecular weight is 1600 g/mol. The number of esters is 1. The zero-order valence-corrected chi connectivity index (χ0v) is 65.0. The Morgan fingerprint density at radius 3 is 2.04 bits per heavy atom. The molecule has 11 rings (SSSR count). The molecule has 3 saturated heterocycles. The van der Waals surface area contributed by atoms with Gasteiger partial charge in [-0.05, 0) is 119 Å². The molecular weight excluding hydrogens is 1500 g/mol. The third-order valence-electron chi connectivity index (χ3n) is 23.9. The number of rotatable bonds is 32. The number of aliphatic carboxylic acids is 4. The second-order valence-corrected chi connectivity index (χ2v) is 31.8. The maximum Gasteiger partial charge on any atom is 0.327 e. The highest BCUT2D eigenvalue weighted by Crippen LogP contribution is 2.68. The maximum atomic E-state index is 15.7. The van der Waals surface area contributed by atoms with Gasteiger partial charge in [-0.1, -0.05) is 56.3 Å². The molecule has 6 aliphatic heterocycles. The quantitative estimate of drug-likeness (QED) is 0.00555. The van der Waals surface area contributed by atoms with E-state index in [-0.39, 0.29) is 49.5 Å². The van der Waals surface area contributed by atoms with E-state index in [9.17, 15) is 83.7 Å². The number of nitrogens with one attached hydrogen (secondary N) is 9. The Morgan fingerprint density at radius 1 is 0.798 bits per heavy atom. The number of aliphatic hydroxyl groups excluding tert-OH is 1. The minimum absolute atomic E-state index is 0.0126. The highest BCUT2D eigenvalue weighted by Gasteiger charge is 2.79. The molecule has 2 unspecified atom stereocenters. The fourth-order valence-corrected chi connectivity index (χ4v) is 19.9. The topological polar surface area (TPSA) is 540 Å². The van der Waals surface area contributed by atoms with Crippen LogP contribution < -0.4 is 57.6 Å². The number of thioether (sulfide) groups is 1. The molecule has 1 spiro atoms. The van der Waals surface area contributed by atoms with Gasteiger partial charge in [-0.3, -0.25) is 67.9 Å². The van der Waals surface area contributed by atoms with Gasteiger partial charge < -0.3 is 92.7 Å². The molecule has 18 N–H and O–H groups in total. The molecule has 1 saturated carbocycles. The number of nitrogens with two attached hydrogens (primary N) is 1. The van der Waals surface area contributed by atoms with Gasteiger partial charge in [-0.15, -0.1) is 11.8 Å². The van der Waals surface area contributed by atoms with Crippen molar-refractivity contribution >= 4 is 117 Å². The van der Waals surface area contributed by atoms with Crippen molar-refractivity contribution in [2.24, 2.45) is 22.2 Å². The number of methoxy groups -OCH3 is 2. The lowest BCUT2D eigenvalue weighted by atomic mass is 9.47. The Morgan fingerprint density at radius 2 is 1.43 bits per heavy atom. The number of anilines is 2. The number of hydrogen-bond acceptors (Lipinski definition) is 24. The first-order chi connectivity index (χ1) is 54.1. The van der Waals surface area contributed by atoms with E-state index in [0.717, 1.165) is 26.9 Å². The predicted molar refractivity (Wildman–Crippen MR) is 413 cm³/mol. The molecule has 4 fully saturated rings. The number of nitrogens with zero attached hydrogens (tertiary/aromatic N) is 5. The van der Waals surface area contributed by atoms with Crippen LogP contribution in [0.4, 0.5) is 11.4 Å². The molecule has 7 heterocycles. The van der Waals surface area contributed by atoms with Gasteiger partial charge in [-0.2, -0.15) is 5.10 Å². The van der Waals surface area contributed by atoms with Crippen molar-refractivity contribution in [1.82, 2.24) is 52.1 Å². The number of likely N-dealkylation sites (N-methyl/N-ethyl adjacent to an activating group) is 2. The summed E-state index contributed by atoms with van der Waals surface area (Å²) in [6.07, 6.45) is 0.694. The molecule has 7 aliphatic rings. The van der Waals surface area contributed by atoms with Crippen LogP contribution in [0.1, 0.15) is 119 Å². The SMILES string of the molecule is CC[C@]1(O)C[C@H]2CN(CCc3c([nH]c4ccccc34)[C@@](C(=O)OC)(c3cc4c(cc3OC)N(C)[C@H]3[C@@](O)(C(=O)N/N=C(/C)c5ccc(N6C(=O)CC(SC[C@H](NC(=O)[C@H](CC(=O)O)NC(=O)[C@H](CC(=O)O)NC(=O)[C@H](CCCNC(=N)N)NC(=O)[C@H](CC(=O)O)NC)C(=O)O)C6=O)cc5)[C@H](O)[C@]5(CC)C=CCN6CC[C@]43[C@@H]65)C2)C1. The number of fused-ring (bicyclic) bond motifs is 6. The van der Waals surface area contributed by atoms with E-state index >= 15 is 9.59 Å². The van der Waals surface area contributed by atoms with Gasteiger partial charge in [0.2, 0.25) is 35.4 Å². The average Bonchev–Trinajstić information content (AvgIpc) is 1.48. The van der Waals surface area contributed by atoms with E-state index in [1.807, 2.05) is 72.6 Å². The number of para-hydroxylation sites is 1. The molecule has 2 bridgehead atoms. The molecule has 4 aromatic rings. The summed E-state index contributed by atoms with van der Waals surface area (Å²) in [4.78, 5) is 173. The summed E-state index contributed by atoms with van der Waals surface area (Å²) in [5.74, 6) is -15.5. The first-order valence-corrected chi connectivity index (χ1v) is 38.8. The van der Waals surface area contributed by atoms with Crippen molar-refractivity contribution in [3.63, 3.8) is 0 Å². The van der Waals surface area contributed by atoms with Crippen molar-refractivity contribution in [3.05, 3.63) is 101 Å². The van der Waals surface area contributed by atoms with Crippen LogP contribution in [0.3, 0.4) is 0 Å². The normalized spacial score (nSPS) is 27.4. The smallest absolute Gasteiger partial charge is 0.327 e. The number of piperidine rings is 1. The first kappa shape index (κ1) is 84.3. The Hall–Kier alpha value is -10.6. The van der Waals surface area contributed by atoms with E-state index in [1.165, 1.54) is 45.5 Å². The van der Waals surface area contributed by atoms with Crippen LogP contribution in [0.5, 0.6) is 5.75 Å². The number of benzene rings is 3. The fourth-order valence-electron chi connectivity index (χ4n) is 18.7. The van der Waals surface area contributed by atoms with Crippen molar-refractivity contribution in [2.75, 3.05) is 83.1 Å². The molecule has 37 heteroatoms. The number of imide groups is 1. The summed E-state index contributed by atoms with van der Waals surface area (Å²) in [7, 11) is 5.94. The number of aliphatic hydroxyl groups is 3. The van der Waals surface area contributed by atoms with Crippen LogP contribution >= 0.6 is 11.8 Å². The Labute approximate surface area is 659 Å². The lowest BCUT2D eigenvalue weighted by Crippen LogP contribution is -2.81. The summed E-state index contributed by atoms with van der Waals surface area (Å²) < 4.78 is 12.5. The lowest BCUT2D eigenvalue weighted by Gasteiger charge is -2.63. The van der Waals surface area contributed by atoms with Gasteiger partial charge in [0.15, 0.2) is 11.6 Å². The highest BCUT2D eigenvalue weighted by molar-refractivity contribution is 8.00. The van der Waals surface area contributed by atoms with Gasteiger partial charge >= 0.3 is 29.8 Å². The van der Waals surface area contributed by atoms with Crippen molar-refractivity contribution in [3.8, 4) is 5.75 Å². The van der Waals surface area contributed by atoms with E-state index in [0.29, 0.717) is 98.4 Å². The van der Waals surface area contributed by atoms with Crippen LogP contribution in [0.25, 0.3) is 10.9 Å². The minimum atomic E-state index is -2.63. The number of aromatic amines is 1. The third kappa shape index (κ3) is 15.8. The summed E-state index contributed by atoms with van der Waals surface area (Å²) in [6, 6.07) is 6.92. The molecule has 0 radical (unpaired) electrons. The van der Waals surface area contributed by atoms with E-state index in [1.54, 1.807) is 14.0 Å². The molecule has 7 amide bonds. The van der Waals surface area contributed by atoms with Crippen LogP contribution in [0, 0.1) is 16.7 Å². The maximum absolute atomic E-state index is 15.7. The number of amides is 7. The molecule has 36 nitrogen and oxygen atoms in total. The number of carboxylic acid groups (broad SMARTS) is 4. The number of H-pyrrole nitrogens is 1. The number of ether oxygens (including phenoxy) is 2. The number of carbonyl (C=O) groups excluding carboxylic acids is 8. The Bertz CT molecular complexity index is 4560. The summed E-state index contributed by atoms with van der Waals surface area (Å²) >= 11 is 0.660. The van der Waals surface area contributed by atoms with Gasteiger partial charge in [0.05, 0.1) is 67.8 Å². The Balaban J connectivity index is 0.805. The monoisotopic (exact) mass is 1600 g/mol. The van der Waals surface area contributed by atoms with Gasteiger partial charge in [0, 0.05) is 103 Å². The number of hydrazone groups is 1. The molecule has 114 heavy (non-hydrogen) atoms. The van der Waals surface area contributed by atoms with Gasteiger partial charge in [0.25, 0.3) is 5.91 Å². The molecule has 16 atom stereocenters. The van der Waals surface area contributed by atoms with Crippen LogP contribution in [-0.2, 0) is 79.5 Å². The van der Waals surface area contributed by atoms with E-state index < -0.39 is 190 Å². The van der Waals surface area contributed by atoms with Crippen molar-refractivity contribution < 1.29 is 103 Å². The summed E-state index contributed by atoms with van der Waals surface area (Å²) in [5.41, 5.74) is 5.19. The van der Waals surface area contributed by atoms with Gasteiger partial charge in [-0.25, -0.2) is 15.1 Å². The van der Waals surface area contributed by atoms with Crippen LogP contribution in [0.15, 0.2) is 77.9 Å². The Kier molecular flexibility index (Phi) is 25.0. The second-order valence-electron chi connectivity index (χ2n) is 30.6. The molecular formula is C77H99N15O21S. The first-order valence-electron chi connectivity index (χ1n) is 37.8. The zero-order valence-electron chi connectivity index (χ0n) is 64.2. The van der Waals surface area contributed by atoms with Crippen LogP contribution in [-0.4, -0.2) is 272 Å². The van der Waals surface area contributed by atoms with E-state index in [2.05, 4.69) is 51.9 Å². The lowest BCUT2D eigenvalue weighted by molar-refractivity contribution is -0.203. The highest BCUT2D eigenvalue weighted by atomic mass is 32.2. The number of carbonyl (C=O) groups is 12. The van der Waals surface area contributed by atoms with Crippen molar-refractivity contribution in [2.45, 2.75) is 173 Å². The van der Waals surface area contributed by atoms with Crippen LogP contribution in [0.2, 0.25) is 0 Å². The van der Waals surface area contributed by atoms with E-state index in [4.69, 9.17) is 20.6 Å². The molecule has 1 aromatic heterocycles. The molecule has 614 valence electrons. The summed E-state index contributed by atoms with van der Waals surface area (Å²) in [6.45, 7) is 8.16. The number of guanidine groups is 1.